The zero-order chi connectivity index (χ0) is 30.1. The zero-order valence-electron chi connectivity index (χ0n) is 25.2. The lowest BCUT2D eigenvalue weighted by Crippen LogP contribution is -2.60. The van der Waals surface area contributed by atoms with E-state index in [9.17, 15) is 19.5 Å². The Morgan fingerprint density at radius 2 is 1.78 bits per heavy atom. The summed E-state index contributed by atoms with van der Waals surface area (Å²) in [7, 11) is 0. The van der Waals surface area contributed by atoms with Crippen molar-refractivity contribution in [1.29, 1.82) is 0 Å². The highest BCUT2D eigenvalue weighted by atomic mass is 32.2. The number of benzene rings is 1. The minimum Gasteiger partial charge on any atom is -0.394 e. The molecule has 3 saturated heterocycles. The van der Waals surface area contributed by atoms with Gasteiger partial charge in [-0.1, -0.05) is 63.3 Å². The fourth-order valence-electron chi connectivity index (χ4n) is 7.49. The molecule has 4 rings (SSSR count). The van der Waals surface area contributed by atoms with Gasteiger partial charge in [0.1, 0.15) is 6.04 Å². The van der Waals surface area contributed by atoms with E-state index < -0.39 is 28.7 Å². The van der Waals surface area contributed by atoms with E-state index in [1.165, 1.54) is 0 Å². The second-order valence-electron chi connectivity index (χ2n) is 12.6. The maximum atomic E-state index is 14.6. The van der Waals surface area contributed by atoms with Crippen LogP contribution in [0, 0.1) is 23.7 Å². The third-order valence-electron chi connectivity index (χ3n) is 9.16. The van der Waals surface area contributed by atoms with E-state index >= 15 is 0 Å². The first-order valence-electron chi connectivity index (χ1n) is 15.0. The fourth-order valence-corrected chi connectivity index (χ4v) is 9.88. The maximum absolute atomic E-state index is 14.6. The molecule has 3 heterocycles. The summed E-state index contributed by atoms with van der Waals surface area (Å²) in [6, 6.07) is 8.53. The number of hydrogen-bond donors (Lipinski definition) is 1. The molecule has 1 N–H and O–H groups in total. The average Bonchev–Trinajstić information content (AvgIpc) is 3.53. The Kier molecular flexibility index (Phi) is 9.74. The van der Waals surface area contributed by atoms with Crippen LogP contribution in [-0.2, 0) is 20.9 Å². The molecule has 0 aliphatic carbocycles. The molecule has 7 nitrogen and oxygen atoms in total. The number of thioether (sulfide) groups is 1. The largest absolute Gasteiger partial charge is 0.394 e. The topological polar surface area (TPSA) is 81.2 Å². The zero-order valence-corrected chi connectivity index (χ0v) is 26.1. The predicted octanol–water partition coefficient (Wildman–Crippen LogP) is 4.37. The number of amides is 3. The monoisotopic (exact) mass is 581 g/mol. The van der Waals surface area contributed by atoms with Crippen LogP contribution in [0.25, 0.3) is 0 Å². The van der Waals surface area contributed by atoms with E-state index in [4.69, 9.17) is 0 Å². The second-order valence-corrected chi connectivity index (χ2v) is 14.2. The van der Waals surface area contributed by atoms with Crippen LogP contribution in [0.5, 0.6) is 0 Å². The van der Waals surface area contributed by atoms with E-state index in [-0.39, 0.29) is 47.5 Å². The van der Waals surface area contributed by atoms with Gasteiger partial charge in [-0.15, -0.1) is 24.9 Å². The molecule has 224 valence electrons. The van der Waals surface area contributed by atoms with E-state index in [0.29, 0.717) is 26.1 Å². The van der Waals surface area contributed by atoms with Gasteiger partial charge in [-0.3, -0.25) is 14.4 Å². The quantitative estimate of drug-likeness (QED) is 0.350. The molecule has 3 aliphatic heterocycles. The minimum absolute atomic E-state index is 0.0448. The molecule has 3 unspecified atom stereocenters. The van der Waals surface area contributed by atoms with Crippen LogP contribution in [0.15, 0.2) is 55.6 Å². The van der Waals surface area contributed by atoms with Gasteiger partial charge in [-0.25, -0.2) is 0 Å². The van der Waals surface area contributed by atoms with Gasteiger partial charge in [0.15, 0.2) is 0 Å². The summed E-state index contributed by atoms with van der Waals surface area (Å²) >= 11 is 1.68. The summed E-state index contributed by atoms with van der Waals surface area (Å²) in [5.74, 6) is -1.20. The minimum atomic E-state index is -0.747. The Hall–Kier alpha value is -2.58. The van der Waals surface area contributed by atoms with Crippen LogP contribution in [0.2, 0.25) is 0 Å². The number of carbonyl (C=O) groups is 3. The lowest BCUT2D eigenvalue weighted by atomic mass is 9.65. The number of fused-ring (bicyclic) bond motifs is 1. The summed E-state index contributed by atoms with van der Waals surface area (Å²) in [4.78, 5) is 48.9. The van der Waals surface area contributed by atoms with E-state index in [0.717, 1.165) is 12.0 Å². The van der Waals surface area contributed by atoms with Crippen molar-refractivity contribution in [3.8, 4) is 0 Å². The Bertz CT molecular complexity index is 1140. The number of likely N-dealkylation sites (tertiary alicyclic amines) is 1. The summed E-state index contributed by atoms with van der Waals surface area (Å²) in [6.07, 6.45) is 4.80. The van der Waals surface area contributed by atoms with Crippen molar-refractivity contribution >= 4 is 29.5 Å². The van der Waals surface area contributed by atoms with Crippen molar-refractivity contribution < 1.29 is 19.5 Å². The van der Waals surface area contributed by atoms with Gasteiger partial charge >= 0.3 is 0 Å². The predicted molar refractivity (Wildman–Crippen MR) is 165 cm³/mol. The Balaban J connectivity index is 1.80. The van der Waals surface area contributed by atoms with Crippen LogP contribution in [-0.4, -0.2) is 85.3 Å². The van der Waals surface area contributed by atoms with Crippen LogP contribution < -0.4 is 0 Å². The molecule has 7 atom stereocenters. The number of hydrogen-bond acceptors (Lipinski definition) is 5. The van der Waals surface area contributed by atoms with Crippen molar-refractivity contribution in [3.05, 3.63) is 61.2 Å². The van der Waals surface area contributed by atoms with Gasteiger partial charge in [0.2, 0.25) is 17.7 Å². The highest BCUT2D eigenvalue weighted by Crippen LogP contribution is 2.69. The number of aliphatic hydroxyl groups excluding tert-OH is 1. The molecule has 1 spiro atoms. The van der Waals surface area contributed by atoms with Gasteiger partial charge in [0, 0.05) is 30.9 Å². The normalized spacial score (nSPS) is 29.1. The molecule has 1 aromatic rings. The van der Waals surface area contributed by atoms with Crippen molar-refractivity contribution in [2.24, 2.45) is 23.7 Å². The maximum Gasteiger partial charge on any atom is 0.247 e. The first-order valence-corrected chi connectivity index (χ1v) is 15.9. The summed E-state index contributed by atoms with van der Waals surface area (Å²) in [5.41, 5.74) is 1.02. The van der Waals surface area contributed by atoms with Crippen LogP contribution in [0.1, 0.15) is 53.0 Å². The summed E-state index contributed by atoms with van der Waals surface area (Å²) < 4.78 is -0.732. The molecular formula is C33H47N3O4S. The number of nitrogens with zero attached hydrogens (tertiary/aromatic N) is 3. The molecule has 2 bridgehead atoms. The SMILES string of the molecule is C=CCN(Cc1ccccc1)C(=O)[C@@H]1[C@H]2C(=O)N([C@@H](CO)CC(C)C)C(C(=O)N(CC=C)C(C)C)C23S[C@@H]1CC3C. The highest BCUT2D eigenvalue weighted by Gasteiger charge is 2.77. The first-order chi connectivity index (χ1) is 19.5. The molecular weight excluding hydrogens is 534 g/mol. The van der Waals surface area contributed by atoms with Gasteiger partial charge in [-0.2, -0.15) is 0 Å². The van der Waals surface area contributed by atoms with E-state index in [1.807, 2.05) is 44.2 Å². The smallest absolute Gasteiger partial charge is 0.247 e. The molecule has 3 aliphatic rings. The Labute approximate surface area is 250 Å². The molecule has 1 aromatic carbocycles. The molecule has 0 aromatic heterocycles. The third-order valence-corrected chi connectivity index (χ3v) is 11.2. The van der Waals surface area contributed by atoms with Gasteiger partial charge in [0.05, 0.1) is 29.2 Å². The van der Waals surface area contributed by atoms with Crippen LogP contribution in [0.4, 0.5) is 0 Å². The molecule has 0 radical (unpaired) electrons. The average molecular weight is 582 g/mol. The third kappa shape index (κ3) is 5.50. The number of aliphatic hydroxyl groups is 1. The Morgan fingerprint density at radius 1 is 1.12 bits per heavy atom. The van der Waals surface area contributed by atoms with Crippen LogP contribution in [0.3, 0.4) is 0 Å². The number of rotatable bonds is 13. The standard InChI is InChI=1S/C33H47N3O4S/c1-8-15-34(19-24-13-11-10-12-14-24)30(38)27-26-18-23(7)33(41-26)28(27)31(39)36(25(20-37)17-21(3)4)29(33)32(40)35(16-9-2)22(5)6/h8-14,21-23,25-29,37H,1-2,15-20H2,3-7H3/t23?,25-,26-,27+,28+,29?,33?/m1/s1. The van der Waals surface area contributed by atoms with Gasteiger partial charge in [-0.05, 0) is 44.1 Å². The summed E-state index contributed by atoms with van der Waals surface area (Å²) in [6.45, 7) is 18.9. The second kappa shape index (κ2) is 12.7. The summed E-state index contributed by atoms with van der Waals surface area (Å²) in [5, 5.41) is 10.5. The molecule has 3 amide bonds. The lowest BCUT2D eigenvalue weighted by Gasteiger charge is -2.43. The van der Waals surface area contributed by atoms with Crippen molar-refractivity contribution in [2.45, 2.75) is 82.1 Å². The Morgan fingerprint density at radius 3 is 2.34 bits per heavy atom. The van der Waals surface area contributed by atoms with Gasteiger partial charge < -0.3 is 19.8 Å². The van der Waals surface area contributed by atoms with Gasteiger partial charge in [0.25, 0.3) is 0 Å². The highest BCUT2D eigenvalue weighted by molar-refractivity contribution is 8.02. The van der Waals surface area contributed by atoms with Crippen molar-refractivity contribution in [1.82, 2.24) is 14.7 Å². The van der Waals surface area contributed by atoms with Crippen LogP contribution >= 0.6 is 11.8 Å². The first kappa shape index (κ1) is 31.4. The van der Waals surface area contributed by atoms with Crippen molar-refractivity contribution in [2.75, 3.05) is 19.7 Å². The molecule has 3 fully saturated rings. The molecule has 41 heavy (non-hydrogen) atoms. The van der Waals surface area contributed by atoms with E-state index in [1.54, 1.807) is 38.6 Å². The fraction of sp³-hybridized carbons (Fsp3) is 0.606. The van der Waals surface area contributed by atoms with Crippen molar-refractivity contribution in [3.63, 3.8) is 0 Å². The molecule has 8 heteroatoms. The van der Waals surface area contributed by atoms with E-state index in [2.05, 4.69) is 33.9 Å². The number of carbonyl (C=O) groups excluding carboxylic acids is 3. The molecule has 0 saturated carbocycles. The lowest BCUT2D eigenvalue weighted by molar-refractivity contribution is -0.148.